The van der Waals surface area contributed by atoms with Crippen molar-refractivity contribution in [3.05, 3.63) is 55.7 Å². The lowest BCUT2D eigenvalue weighted by Gasteiger charge is -2.04. The number of nitrogens with zero attached hydrogens (tertiary/aromatic N) is 1. The molecule has 2 aromatic rings. The molecule has 88 valence electrons. The number of anilines is 1. The summed E-state index contributed by atoms with van der Waals surface area (Å²) in [5, 5.41) is 13.8. The first-order valence-corrected chi connectivity index (χ1v) is 6.08. The molecule has 4 nitrogen and oxygen atoms in total. The molecular formula is C11H9ClN2O2S. The molecule has 1 heterocycles. The van der Waals surface area contributed by atoms with Crippen LogP contribution in [-0.4, -0.2) is 4.92 Å². The maximum atomic E-state index is 10.8. The zero-order valence-corrected chi connectivity index (χ0v) is 10.3. The van der Waals surface area contributed by atoms with Crippen LogP contribution in [0.4, 0.5) is 11.4 Å². The van der Waals surface area contributed by atoms with Crippen LogP contribution in [0.3, 0.4) is 0 Å². The van der Waals surface area contributed by atoms with Crippen molar-refractivity contribution in [1.82, 2.24) is 0 Å². The Labute approximate surface area is 107 Å². The van der Waals surface area contributed by atoms with E-state index in [2.05, 4.69) is 5.32 Å². The molecule has 1 aromatic carbocycles. The molecule has 0 unspecified atom stereocenters. The Morgan fingerprint density at radius 2 is 2.06 bits per heavy atom. The van der Waals surface area contributed by atoms with E-state index in [1.165, 1.54) is 17.4 Å². The van der Waals surface area contributed by atoms with Crippen LogP contribution >= 0.6 is 22.9 Å². The molecule has 0 spiro atoms. The summed E-state index contributed by atoms with van der Waals surface area (Å²) in [5.41, 5.74) is 0.595. The first-order chi connectivity index (χ1) is 8.16. The summed E-state index contributed by atoms with van der Waals surface area (Å²) in [6.07, 6.45) is 0. The molecule has 0 atom stereocenters. The van der Waals surface area contributed by atoms with Gasteiger partial charge in [-0.1, -0.05) is 23.7 Å². The van der Waals surface area contributed by atoms with Crippen LogP contribution in [-0.2, 0) is 6.54 Å². The molecule has 0 radical (unpaired) electrons. The molecule has 6 heteroatoms. The fourth-order valence-corrected chi connectivity index (χ4v) is 2.44. The third-order valence-corrected chi connectivity index (χ3v) is 3.41. The predicted molar refractivity (Wildman–Crippen MR) is 69.8 cm³/mol. The van der Waals surface area contributed by atoms with Gasteiger partial charge >= 0.3 is 0 Å². The Hall–Kier alpha value is -1.59. The number of nitro benzene ring substituents is 1. The summed E-state index contributed by atoms with van der Waals surface area (Å²) >= 11 is 7.26. The van der Waals surface area contributed by atoms with Crippen LogP contribution in [0.25, 0.3) is 0 Å². The molecule has 1 aromatic heterocycles. The topological polar surface area (TPSA) is 55.2 Å². The first kappa shape index (κ1) is 11.9. The minimum atomic E-state index is -0.399. The van der Waals surface area contributed by atoms with Crippen LogP contribution in [0, 0.1) is 10.1 Å². The maximum Gasteiger partial charge on any atom is 0.292 e. The van der Waals surface area contributed by atoms with Crippen molar-refractivity contribution >= 4 is 34.3 Å². The molecule has 0 aliphatic carbocycles. The summed E-state index contributed by atoms with van der Waals surface area (Å²) in [7, 11) is 0. The van der Waals surface area contributed by atoms with E-state index in [0.29, 0.717) is 16.6 Å². The van der Waals surface area contributed by atoms with Crippen LogP contribution in [0.1, 0.15) is 4.88 Å². The van der Waals surface area contributed by atoms with Gasteiger partial charge in [-0.25, -0.2) is 0 Å². The van der Waals surface area contributed by atoms with Crippen molar-refractivity contribution in [3.63, 3.8) is 0 Å². The monoisotopic (exact) mass is 268 g/mol. The molecule has 2 rings (SSSR count). The average molecular weight is 269 g/mol. The number of benzene rings is 1. The summed E-state index contributed by atoms with van der Waals surface area (Å²) in [6, 6.07) is 10.3. The summed E-state index contributed by atoms with van der Waals surface area (Å²) in [4.78, 5) is 11.4. The number of hydrogen-bond donors (Lipinski definition) is 1. The second-order valence-corrected chi connectivity index (χ2v) is 5.13. The van der Waals surface area contributed by atoms with Gasteiger partial charge in [0.1, 0.15) is 5.69 Å². The van der Waals surface area contributed by atoms with Gasteiger partial charge < -0.3 is 5.32 Å². The minimum absolute atomic E-state index is 0.0788. The van der Waals surface area contributed by atoms with Crippen molar-refractivity contribution < 1.29 is 4.92 Å². The van der Waals surface area contributed by atoms with E-state index in [9.17, 15) is 10.1 Å². The van der Waals surface area contributed by atoms with Gasteiger partial charge in [0.15, 0.2) is 0 Å². The van der Waals surface area contributed by atoms with Gasteiger partial charge in [0.05, 0.1) is 9.26 Å². The number of nitro groups is 1. The third kappa shape index (κ3) is 2.95. The number of rotatable bonds is 4. The van der Waals surface area contributed by atoms with E-state index in [1.807, 2.05) is 12.1 Å². The number of nitrogens with one attached hydrogen (secondary N) is 1. The lowest BCUT2D eigenvalue weighted by Crippen LogP contribution is -2.00. The number of halogens is 1. The Balaban J connectivity index is 2.11. The van der Waals surface area contributed by atoms with Gasteiger partial charge in [0.25, 0.3) is 5.69 Å². The third-order valence-electron chi connectivity index (χ3n) is 2.18. The van der Waals surface area contributed by atoms with Crippen molar-refractivity contribution in [3.8, 4) is 0 Å². The molecule has 0 aliphatic rings. The highest BCUT2D eigenvalue weighted by Gasteiger charge is 2.11. The van der Waals surface area contributed by atoms with Crippen molar-refractivity contribution in [2.75, 3.05) is 5.32 Å². The highest BCUT2D eigenvalue weighted by Crippen LogP contribution is 2.26. The van der Waals surface area contributed by atoms with E-state index in [0.717, 1.165) is 4.88 Å². The van der Waals surface area contributed by atoms with E-state index >= 15 is 0 Å². The Kier molecular flexibility index (Phi) is 3.61. The SMILES string of the molecule is O=[N+]([O-])c1ccccc1NCc1ccc(Cl)s1. The molecule has 0 fully saturated rings. The summed E-state index contributed by atoms with van der Waals surface area (Å²) in [6.45, 7) is 0.530. The Morgan fingerprint density at radius 3 is 2.71 bits per heavy atom. The largest absolute Gasteiger partial charge is 0.375 e. The second kappa shape index (κ2) is 5.16. The highest BCUT2D eigenvalue weighted by atomic mass is 35.5. The zero-order valence-electron chi connectivity index (χ0n) is 8.72. The van der Waals surface area contributed by atoms with E-state index in [-0.39, 0.29) is 5.69 Å². The molecule has 0 amide bonds. The molecule has 1 N–H and O–H groups in total. The van der Waals surface area contributed by atoms with Crippen LogP contribution in [0.5, 0.6) is 0 Å². The van der Waals surface area contributed by atoms with Crippen molar-refractivity contribution in [2.24, 2.45) is 0 Å². The normalized spacial score (nSPS) is 10.2. The zero-order chi connectivity index (χ0) is 12.3. The second-order valence-electron chi connectivity index (χ2n) is 3.33. The van der Waals surface area contributed by atoms with Crippen LogP contribution in [0.2, 0.25) is 4.34 Å². The minimum Gasteiger partial charge on any atom is -0.375 e. The quantitative estimate of drug-likeness (QED) is 0.675. The molecule has 17 heavy (non-hydrogen) atoms. The molecule has 0 saturated carbocycles. The standard InChI is InChI=1S/C11H9ClN2O2S/c12-11-6-5-8(17-11)7-13-9-3-1-2-4-10(9)14(15)16/h1-6,13H,7H2. The molecule has 0 saturated heterocycles. The highest BCUT2D eigenvalue weighted by molar-refractivity contribution is 7.16. The Morgan fingerprint density at radius 1 is 1.29 bits per heavy atom. The first-order valence-electron chi connectivity index (χ1n) is 4.88. The fraction of sp³-hybridized carbons (Fsp3) is 0.0909. The van der Waals surface area contributed by atoms with Gasteiger partial charge in [0, 0.05) is 17.5 Å². The van der Waals surface area contributed by atoms with E-state index in [1.54, 1.807) is 18.2 Å². The molecule has 0 bridgehead atoms. The van der Waals surface area contributed by atoms with Gasteiger partial charge in [-0.2, -0.15) is 0 Å². The summed E-state index contributed by atoms with van der Waals surface area (Å²) in [5.74, 6) is 0. The van der Waals surface area contributed by atoms with E-state index < -0.39 is 4.92 Å². The number of thiophene rings is 1. The van der Waals surface area contributed by atoms with Gasteiger partial charge in [-0.05, 0) is 18.2 Å². The lowest BCUT2D eigenvalue weighted by molar-refractivity contribution is -0.384. The van der Waals surface area contributed by atoms with E-state index in [4.69, 9.17) is 11.6 Å². The summed E-state index contributed by atoms with van der Waals surface area (Å²) < 4.78 is 0.712. The lowest BCUT2D eigenvalue weighted by atomic mass is 10.2. The average Bonchev–Trinajstić information content (AvgIpc) is 2.73. The Bertz CT molecular complexity index is 542. The molecule has 0 aliphatic heterocycles. The predicted octanol–water partition coefficient (Wildman–Crippen LogP) is 3.92. The fourth-order valence-electron chi connectivity index (χ4n) is 1.41. The van der Waals surface area contributed by atoms with Crippen molar-refractivity contribution in [1.29, 1.82) is 0 Å². The van der Waals surface area contributed by atoms with Gasteiger partial charge in [0.2, 0.25) is 0 Å². The van der Waals surface area contributed by atoms with Crippen LogP contribution in [0.15, 0.2) is 36.4 Å². The number of para-hydroxylation sites is 2. The molecular weight excluding hydrogens is 260 g/mol. The maximum absolute atomic E-state index is 10.8. The smallest absolute Gasteiger partial charge is 0.292 e. The van der Waals surface area contributed by atoms with Gasteiger partial charge in [-0.15, -0.1) is 11.3 Å². The van der Waals surface area contributed by atoms with Crippen molar-refractivity contribution in [2.45, 2.75) is 6.54 Å². The number of hydrogen-bond acceptors (Lipinski definition) is 4. The van der Waals surface area contributed by atoms with Crippen LogP contribution < -0.4 is 5.32 Å². The van der Waals surface area contributed by atoms with Gasteiger partial charge in [-0.3, -0.25) is 10.1 Å².